The normalized spacial score (nSPS) is 15.2. The Kier molecular flexibility index (Phi) is 4.49. The molecule has 0 saturated carbocycles. The molecule has 0 amide bonds. The largest absolute Gasteiger partial charge is 0.480 e. The number of halogens is 1. The van der Waals surface area contributed by atoms with Gasteiger partial charge in [0.1, 0.15) is 0 Å². The minimum absolute atomic E-state index is 0.506. The van der Waals surface area contributed by atoms with Crippen LogP contribution < -0.4 is 0 Å². The van der Waals surface area contributed by atoms with Crippen LogP contribution in [0.1, 0.15) is 12.5 Å². The van der Waals surface area contributed by atoms with E-state index in [1.54, 1.807) is 30.3 Å². The van der Waals surface area contributed by atoms with Gasteiger partial charge >= 0.3 is 5.97 Å². The predicted molar refractivity (Wildman–Crippen MR) is 85.9 cm³/mol. The molecule has 21 heavy (non-hydrogen) atoms. The lowest BCUT2D eigenvalue weighted by atomic mass is 9.97. The van der Waals surface area contributed by atoms with Gasteiger partial charge in [-0.1, -0.05) is 54.1 Å². The first kappa shape index (κ1) is 15.7. The first-order valence-electron chi connectivity index (χ1n) is 6.29. The molecule has 2 rings (SSSR count). The van der Waals surface area contributed by atoms with Gasteiger partial charge in [0.05, 0.1) is 0 Å². The van der Waals surface area contributed by atoms with E-state index in [1.165, 1.54) is 13.2 Å². The summed E-state index contributed by atoms with van der Waals surface area (Å²) in [6, 6.07) is 14.4. The van der Waals surface area contributed by atoms with Crippen LogP contribution in [0.3, 0.4) is 0 Å². The number of hydrogen-bond acceptors (Lipinski definition) is 2. The lowest BCUT2D eigenvalue weighted by Gasteiger charge is -2.22. The van der Waals surface area contributed by atoms with Gasteiger partial charge in [-0.2, -0.15) is 0 Å². The summed E-state index contributed by atoms with van der Waals surface area (Å²) in [5.74, 6) is -1.10. The summed E-state index contributed by atoms with van der Waals surface area (Å²) in [4.78, 5) is 11.5. The van der Waals surface area contributed by atoms with E-state index >= 15 is 0 Å². The van der Waals surface area contributed by atoms with Crippen molar-refractivity contribution in [2.75, 3.05) is 6.26 Å². The van der Waals surface area contributed by atoms with Crippen molar-refractivity contribution < 1.29 is 14.1 Å². The highest BCUT2D eigenvalue weighted by molar-refractivity contribution is 7.86. The minimum atomic E-state index is -1.53. The number of carbonyl (C=O) groups is 1. The Morgan fingerprint density at radius 1 is 1.14 bits per heavy atom. The highest BCUT2D eigenvalue weighted by atomic mass is 35.5. The van der Waals surface area contributed by atoms with Gasteiger partial charge in [0.2, 0.25) is 0 Å². The highest BCUT2D eigenvalue weighted by Gasteiger charge is 2.39. The van der Waals surface area contributed by atoms with Gasteiger partial charge in [-0.05, 0) is 24.1 Å². The smallest absolute Gasteiger partial charge is 0.326 e. The molecule has 0 heterocycles. The van der Waals surface area contributed by atoms with E-state index in [-0.39, 0.29) is 0 Å². The maximum atomic E-state index is 11.8. The van der Waals surface area contributed by atoms with E-state index in [4.69, 9.17) is 11.6 Å². The molecule has 0 aliphatic carbocycles. The summed E-state index contributed by atoms with van der Waals surface area (Å²) in [6.07, 6.45) is 1.40. The second-order valence-electron chi connectivity index (χ2n) is 4.85. The highest BCUT2D eigenvalue weighted by Crippen LogP contribution is 2.32. The third-order valence-corrected chi connectivity index (χ3v) is 5.49. The first-order valence-corrected chi connectivity index (χ1v) is 8.23. The SMILES string of the molecule is CS(=O)C(C)(C(=O)O)c1ccc(-c2ccccc2Cl)cc1. The standard InChI is InChI=1S/C16H15ClO3S/c1-16(15(18)19,21(2)20)12-9-7-11(8-10-12)13-5-3-4-6-14(13)17/h3-10H,1-2H3,(H,18,19). The second-order valence-corrected chi connectivity index (χ2v) is 6.98. The van der Waals surface area contributed by atoms with E-state index in [2.05, 4.69) is 0 Å². The summed E-state index contributed by atoms with van der Waals surface area (Å²) in [6.45, 7) is 1.47. The second kappa shape index (κ2) is 6.00. The Balaban J connectivity index is 2.46. The zero-order chi connectivity index (χ0) is 15.6. The van der Waals surface area contributed by atoms with Crippen molar-refractivity contribution in [3.63, 3.8) is 0 Å². The molecule has 0 bridgehead atoms. The summed E-state index contributed by atoms with van der Waals surface area (Å²) in [5, 5.41) is 10.0. The Morgan fingerprint density at radius 2 is 1.71 bits per heavy atom. The molecule has 0 aliphatic heterocycles. The average Bonchev–Trinajstić information content (AvgIpc) is 2.46. The molecule has 0 aliphatic rings. The van der Waals surface area contributed by atoms with Crippen LogP contribution in [-0.4, -0.2) is 21.5 Å². The van der Waals surface area contributed by atoms with Crippen LogP contribution in [0.2, 0.25) is 5.02 Å². The van der Waals surface area contributed by atoms with E-state index in [1.807, 2.05) is 18.2 Å². The van der Waals surface area contributed by atoms with E-state index in [9.17, 15) is 14.1 Å². The molecule has 110 valence electrons. The average molecular weight is 323 g/mol. The van der Waals surface area contributed by atoms with Crippen molar-refractivity contribution >= 4 is 28.4 Å². The van der Waals surface area contributed by atoms with Crippen LogP contribution in [0.5, 0.6) is 0 Å². The number of benzene rings is 2. The van der Waals surface area contributed by atoms with Gasteiger partial charge in [0.25, 0.3) is 0 Å². The fourth-order valence-electron chi connectivity index (χ4n) is 2.08. The van der Waals surface area contributed by atoms with Gasteiger partial charge in [-0.3, -0.25) is 9.00 Å². The molecule has 0 fully saturated rings. The van der Waals surface area contributed by atoms with Crippen molar-refractivity contribution in [3.8, 4) is 11.1 Å². The lowest BCUT2D eigenvalue weighted by molar-refractivity contribution is -0.139. The molecule has 0 radical (unpaired) electrons. The van der Waals surface area contributed by atoms with Crippen LogP contribution in [0.25, 0.3) is 11.1 Å². The van der Waals surface area contributed by atoms with Crippen LogP contribution >= 0.6 is 11.6 Å². The maximum Gasteiger partial charge on any atom is 0.326 e. The first-order chi connectivity index (χ1) is 9.87. The summed E-state index contributed by atoms with van der Waals surface area (Å²) < 4.78 is 10.4. The molecule has 0 saturated heterocycles. The number of carboxylic acid groups (broad SMARTS) is 1. The Hall–Kier alpha value is -1.65. The Bertz CT molecular complexity index is 681. The molecule has 3 nitrogen and oxygen atoms in total. The van der Waals surface area contributed by atoms with Crippen molar-refractivity contribution in [2.45, 2.75) is 11.7 Å². The minimum Gasteiger partial charge on any atom is -0.480 e. The molecule has 2 aromatic carbocycles. The number of carboxylic acids is 1. The van der Waals surface area contributed by atoms with E-state index in [0.29, 0.717) is 10.6 Å². The molecular formula is C16H15ClO3S. The zero-order valence-corrected chi connectivity index (χ0v) is 13.2. The quantitative estimate of drug-likeness (QED) is 0.934. The monoisotopic (exact) mass is 322 g/mol. The van der Waals surface area contributed by atoms with Crippen molar-refractivity contribution in [1.29, 1.82) is 0 Å². The van der Waals surface area contributed by atoms with E-state index in [0.717, 1.165) is 11.1 Å². The Labute approximate surface area is 131 Å². The number of aliphatic carboxylic acids is 1. The maximum absolute atomic E-state index is 11.8. The molecule has 0 spiro atoms. The Morgan fingerprint density at radius 3 is 2.19 bits per heavy atom. The predicted octanol–water partition coefficient (Wildman–Crippen LogP) is 3.69. The number of rotatable bonds is 4. The lowest BCUT2D eigenvalue weighted by Crippen LogP contribution is -2.36. The van der Waals surface area contributed by atoms with E-state index < -0.39 is 21.5 Å². The van der Waals surface area contributed by atoms with Gasteiger partial charge in [-0.25, -0.2) is 0 Å². The van der Waals surface area contributed by atoms with Crippen LogP contribution in [0, 0.1) is 0 Å². The zero-order valence-electron chi connectivity index (χ0n) is 11.7. The molecular weight excluding hydrogens is 308 g/mol. The van der Waals surface area contributed by atoms with Crippen molar-refractivity contribution in [3.05, 3.63) is 59.1 Å². The van der Waals surface area contributed by atoms with Gasteiger partial charge in [0, 0.05) is 27.6 Å². The fraction of sp³-hybridized carbons (Fsp3) is 0.188. The van der Waals surface area contributed by atoms with Crippen molar-refractivity contribution in [1.82, 2.24) is 0 Å². The summed E-state index contributed by atoms with van der Waals surface area (Å²) in [5.41, 5.74) is 2.27. The third kappa shape index (κ3) is 2.87. The van der Waals surface area contributed by atoms with Gasteiger partial charge in [0.15, 0.2) is 4.75 Å². The van der Waals surface area contributed by atoms with Gasteiger partial charge in [-0.15, -0.1) is 0 Å². The summed E-state index contributed by atoms with van der Waals surface area (Å²) in [7, 11) is -1.53. The molecule has 1 N–H and O–H groups in total. The van der Waals surface area contributed by atoms with Crippen LogP contribution in [-0.2, 0) is 20.3 Å². The van der Waals surface area contributed by atoms with Crippen LogP contribution in [0.4, 0.5) is 0 Å². The van der Waals surface area contributed by atoms with Gasteiger partial charge < -0.3 is 5.11 Å². The topological polar surface area (TPSA) is 54.4 Å². The molecule has 5 heteroatoms. The molecule has 2 aromatic rings. The third-order valence-electron chi connectivity index (χ3n) is 3.60. The summed E-state index contributed by atoms with van der Waals surface area (Å²) >= 11 is 6.15. The number of hydrogen-bond donors (Lipinski definition) is 1. The van der Waals surface area contributed by atoms with Crippen LogP contribution in [0.15, 0.2) is 48.5 Å². The molecule has 2 unspecified atom stereocenters. The van der Waals surface area contributed by atoms with Crippen molar-refractivity contribution in [2.24, 2.45) is 0 Å². The fourth-order valence-corrected chi connectivity index (χ4v) is 3.03. The molecule has 0 aromatic heterocycles. The molecule has 2 atom stereocenters.